The van der Waals surface area contributed by atoms with E-state index < -0.39 is 22.8 Å². The molecule has 0 aliphatic carbocycles. The van der Waals surface area contributed by atoms with Crippen LogP contribution < -0.4 is 10.2 Å². The summed E-state index contributed by atoms with van der Waals surface area (Å²) in [7, 11) is 2.01. The van der Waals surface area contributed by atoms with E-state index in [4.69, 9.17) is 16.3 Å². The summed E-state index contributed by atoms with van der Waals surface area (Å²) in [5.74, 6) is -1.04. The second-order valence-electron chi connectivity index (χ2n) is 8.54. The van der Waals surface area contributed by atoms with Gasteiger partial charge in [0.05, 0.1) is 23.5 Å². The zero-order chi connectivity index (χ0) is 24.8. The number of amides is 1. The average molecular weight is 489 g/mol. The lowest BCUT2D eigenvalue weighted by Crippen LogP contribution is -2.44. The van der Waals surface area contributed by atoms with Gasteiger partial charge in [0.25, 0.3) is 11.6 Å². The predicted molar refractivity (Wildman–Crippen MR) is 130 cm³/mol. The van der Waals surface area contributed by atoms with E-state index >= 15 is 0 Å². The van der Waals surface area contributed by atoms with E-state index in [9.17, 15) is 19.7 Å². The fourth-order valence-corrected chi connectivity index (χ4v) is 4.11. The van der Waals surface area contributed by atoms with Crippen LogP contribution in [0.25, 0.3) is 0 Å². The summed E-state index contributed by atoms with van der Waals surface area (Å²) < 4.78 is 5.24. The molecule has 34 heavy (non-hydrogen) atoms. The number of nitro groups is 1. The lowest BCUT2D eigenvalue weighted by molar-refractivity contribution is -0.384. The Morgan fingerprint density at radius 2 is 1.82 bits per heavy atom. The second-order valence-corrected chi connectivity index (χ2v) is 8.95. The van der Waals surface area contributed by atoms with Crippen LogP contribution >= 0.6 is 11.6 Å². The molecular formula is C24H29ClN4O5. The van der Waals surface area contributed by atoms with E-state index in [1.165, 1.54) is 6.07 Å². The molecule has 1 heterocycles. The minimum Gasteiger partial charge on any atom is -0.463 e. The standard InChI is InChI=1S/C24H29ClN4O5/c1-16(2)34-23(30)15-20(18-6-4-5-7-19(18)25)26-24(31)17-8-9-21(22(14-17)29(32)33)28-12-10-27(3)11-13-28/h4-9,14,16,20H,10-13,15H2,1-3H3,(H,26,31). The van der Waals surface area contributed by atoms with Crippen LogP contribution in [-0.2, 0) is 9.53 Å². The van der Waals surface area contributed by atoms with Crippen molar-refractivity contribution in [2.24, 2.45) is 0 Å². The summed E-state index contributed by atoms with van der Waals surface area (Å²) >= 11 is 6.32. The first kappa shape index (κ1) is 25.5. The summed E-state index contributed by atoms with van der Waals surface area (Å²) in [6, 6.07) is 10.6. The van der Waals surface area contributed by atoms with Crippen molar-refractivity contribution in [1.82, 2.24) is 10.2 Å². The topological polar surface area (TPSA) is 105 Å². The highest BCUT2D eigenvalue weighted by atomic mass is 35.5. The van der Waals surface area contributed by atoms with Gasteiger partial charge >= 0.3 is 5.97 Å². The summed E-state index contributed by atoms with van der Waals surface area (Å²) in [4.78, 5) is 40.9. The van der Waals surface area contributed by atoms with Crippen molar-refractivity contribution in [3.8, 4) is 0 Å². The summed E-state index contributed by atoms with van der Waals surface area (Å²) in [5.41, 5.74) is 1.03. The number of anilines is 1. The summed E-state index contributed by atoms with van der Waals surface area (Å²) in [6.45, 7) is 6.39. The number of benzene rings is 2. The van der Waals surface area contributed by atoms with Crippen LogP contribution in [0, 0.1) is 10.1 Å². The van der Waals surface area contributed by atoms with Crippen LogP contribution in [0.4, 0.5) is 11.4 Å². The monoisotopic (exact) mass is 488 g/mol. The molecule has 0 saturated carbocycles. The molecule has 2 aromatic carbocycles. The van der Waals surface area contributed by atoms with Gasteiger partial charge in [-0.3, -0.25) is 19.7 Å². The maximum atomic E-state index is 13.1. The fraction of sp³-hybridized carbons (Fsp3) is 0.417. The van der Waals surface area contributed by atoms with Crippen molar-refractivity contribution in [2.75, 3.05) is 38.1 Å². The number of ether oxygens (including phenoxy) is 1. The van der Waals surface area contributed by atoms with Crippen LogP contribution in [0.3, 0.4) is 0 Å². The first-order valence-electron chi connectivity index (χ1n) is 11.1. The van der Waals surface area contributed by atoms with E-state index in [0.29, 0.717) is 29.4 Å². The maximum Gasteiger partial charge on any atom is 0.308 e. The quantitative estimate of drug-likeness (QED) is 0.342. The molecule has 1 N–H and O–H groups in total. The van der Waals surface area contributed by atoms with E-state index in [2.05, 4.69) is 10.2 Å². The Morgan fingerprint density at radius 1 is 1.15 bits per heavy atom. The van der Waals surface area contributed by atoms with Crippen molar-refractivity contribution in [3.63, 3.8) is 0 Å². The smallest absolute Gasteiger partial charge is 0.308 e. The van der Waals surface area contributed by atoms with Gasteiger partial charge in [-0.25, -0.2) is 0 Å². The normalized spacial score (nSPS) is 15.1. The fourth-order valence-electron chi connectivity index (χ4n) is 3.84. The van der Waals surface area contributed by atoms with Gasteiger partial charge in [-0.1, -0.05) is 29.8 Å². The minimum absolute atomic E-state index is 0.124. The predicted octanol–water partition coefficient (Wildman–Crippen LogP) is 3.81. The zero-order valence-corrected chi connectivity index (χ0v) is 20.2. The highest BCUT2D eigenvalue weighted by molar-refractivity contribution is 6.31. The molecular weight excluding hydrogens is 460 g/mol. The highest BCUT2D eigenvalue weighted by Gasteiger charge is 2.26. The van der Waals surface area contributed by atoms with Crippen LogP contribution in [-0.4, -0.2) is 61.0 Å². The molecule has 1 unspecified atom stereocenters. The Kier molecular flexibility index (Phi) is 8.46. The van der Waals surface area contributed by atoms with Gasteiger partial charge < -0.3 is 19.9 Å². The Labute approximate surface area is 203 Å². The summed E-state index contributed by atoms with van der Waals surface area (Å²) in [5, 5.41) is 15.0. The first-order chi connectivity index (χ1) is 16.2. The maximum absolute atomic E-state index is 13.1. The van der Waals surface area contributed by atoms with E-state index in [1.54, 1.807) is 50.2 Å². The number of hydrogen-bond donors (Lipinski definition) is 1. The van der Waals surface area contributed by atoms with Crippen LogP contribution in [0.5, 0.6) is 0 Å². The second kappa shape index (κ2) is 11.3. The minimum atomic E-state index is -0.760. The van der Waals surface area contributed by atoms with Gasteiger partial charge in [-0.2, -0.15) is 0 Å². The number of piperazine rings is 1. The number of carbonyl (C=O) groups excluding carboxylic acids is 2. The first-order valence-corrected chi connectivity index (χ1v) is 11.5. The number of nitrogens with one attached hydrogen (secondary N) is 1. The lowest BCUT2D eigenvalue weighted by atomic mass is 10.0. The molecule has 0 bridgehead atoms. The molecule has 1 atom stereocenters. The van der Waals surface area contributed by atoms with Gasteiger partial charge in [0.15, 0.2) is 0 Å². The number of nitro benzene ring substituents is 1. The van der Waals surface area contributed by atoms with Crippen molar-refractivity contribution < 1.29 is 19.2 Å². The molecule has 0 aromatic heterocycles. The molecule has 1 aliphatic heterocycles. The molecule has 3 rings (SSSR count). The molecule has 1 fully saturated rings. The van der Waals surface area contributed by atoms with Gasteiger partial charge in [-0.05, 0) is 44.7 Å². The number of carbonyl (C=O) groups is 2. The van der Waals surface area contributed by atoms with Crippen LogP contribution in [0.1, 0.15) is 42.2 Å². The summed E-state index contributed by atoms with van der Waals surface area (Å²) in [6.07, 6.45) is -0.436. The van der Waals surface area contributed by atoms with E-state index in [-0.39, 0.29) is 23.8 Å². The molecule has 1 aliphatic rings. The third-order valence-corrected chi connectivity index (χ3v) is 5.95. The van der Waals surface area contributed by atoms with Gasteiger partial charge in [0.2, 0.25) is 0 Å². The molecule has 9 nitrogen and oxygen atoms in total. The van der Waals surface area contributed by atoms with Crippen LogP contribution in [0.2, 0.25) is 5.02 Å². The number of likely N-dealkylation sites (N-methyl/N-ethyl adjacent to an activating group) is 1. The molecule has 1 saturated heterocycles. The Balaban J connectivity index is 1.85. The molecule has 10 heteroatoms. The van der Waals surface area contributed by atoms with E-state index in [0.717, 1.165) is 13.1 Å². The number of halogens is 1. The highest BCUT2D eigenvalue weighted by Crippen LogP contribution is 2.31. The van der Waals surface area contributed by atoms with Gasteiger partial charge in [0.1, 0.15) is 5.69 Å². The third kappa shape index (κ3) is 6.45. The molecule has 0 radical (unpaired) electrons. The van der Waals surface area contributed by atoms with E-state index in [1.807, 2.05) is 11.9 Å². The largest absolute Gasteiger partial charge is 0.463 e. The number of rotatable bonds is 8. The number of nitrogens with zero attached hydrogens (tertiary/aromatic N) is 3. The Morgan fingerprint density at radius 3 is 2.44 bits per heavy atom. The SMILES string of the molecule is CC(C)OC(=O)CC(NC(=O)c1ccc(N2CCN(C)CC2)c([N+](=O)[O-])c1)c1ccccc1Cl. The number of hydrogen-bond acceptors (Lipinski definition) is 7. The molecule has 2 aromatic rings. The molecule has 1 amide bonds. The van der Waals surface area contributed by atoms with Crippen molar-refractivity contribution in [3.05, 3.63) is 68.7 Å². The Hall–Kier alpha value is -3.17. The third-order valence-electron chi connectivity index (χ3n) is 5.60. The lowest BCUT2D eigenvalue weighted by Gasteiger charge is -2.33. The van der Waals surface area contributed by atoms with Crippen molar-refractivity contribution in [1.29, 1.82) is 0 Å². The molecule has 0 spiro atoms. The van der Waals surface area contributed by atoms with Crippen molar-refractivity contribution >= 4 is 34.9 Å². The molecule has 182 valence electrons. The Bertz CT molecular complexity index is 1050. The van der Waals surface area contributed by atoms with Crippen molar-refractivity contribution in [2.45, 2.75) is 32.4 Å². The zero-order valence-electron chi connectivity index (χ0n) is 19.5. The average Bonchev–Trinajstić information content (AvgIpc) is 2.78. The van der Waals surface area contributed by atoms with Gasteiger partial charge in [-0.15, -0.1) is 0 Å². The van der Waals surface area contributed by atoms with Gasteiger partial charge in [0, 0.05) is 42.8 Å². The van der Waals surface area contributed by atoms with Crippen LogP contribution in [0.15, 0.2) is 42.5 Å². The number of esters is 1.